The van der Waals surface area contributed by atoms with E-state index in [2.05, 4.69) is 39.7 Å². The van der Waals surface area contributed by atoms with E-state index in [4.69, 9.17) is 9.57 Å². The summed E-state index contributed by atoms with van der Waals surface area (Å²) < 4.78 is 8.11. The summed E-state index contributed by atoms with van der Waals surface area (Å²) in [5, 5.41) is 14.7. The Kier molecular flexibility index (Phi) is 6.41. The van der Waals surface area contributed by atoms with Gasteiger partial charge in [0.2, 0.25) is 5.88 Å². The Morgan fingerprint density at radius 1 is 1.12 bits per heavy atom. The Labute approximate surface area is 197 Å². The molecule has 9 nitrogen and oxygen atoms in total. The molecule has 2 heterocycles. The van der Waals surface area contributed by atoms with Crippen molar-refractivity contribution in [3.63, 3.8) is 0 Å². The molecule has 172 valence electrons. The van der Waals surface area contributed by atoms with E-state index in [0.29, 0.717) is 35.2 Å². The van der Waals surface area contributed by atoms with E-state index in [1.165, 1.54) is 0 Å². The highest BCUT2D eigenvalue weighted by molar-refractivity contribution is 5.95. The van der Waals surface area contributed by atoms with Gasteiger partial charge in [0.05, 0.1) is 34.3 Å². The van der Waals surface area contributed by atoms with E-state index in [-0.39, 0.29) is 6.04 Å². The number of nitriles is 1. The molecular formula is C25H24N6O3. The number of hydroxylamine groups is 1. The number of benzene rings is 2. The fourth-order valence-electron chi connectivity index (χ4n) is 3.83. The molecule has 0 aliphatic carbocycles. The standard InChI is InChI=1S/C25H24N6O3/c1-5-30(29-32)34-19-8-6-18(7-9-19)24-22(15-26)21-11-10-20(14-23(21)31(24)16(2)3)33-25-17(4)27-12-13-28-25/h6-14,16H,5H2,1-4H3. The number of fused-ring (bicyclic) bond motifs is 1. The third-order valence-corrected chi connectivity index (χ3v) is 5.35. The molecule has 0 aliphatic heterocycles. The van der Waals surface area contributed by atoms with Crippen molar-refractivity contribution in [1.29, 1.82) is 5.26 Å². The van der Waals surface area contributed by atoms with E-state index in [1.807, 2.05) is 37.3 Å². The fourth-order valence-corrected chi connectivity index (χ4v) is 3.83. The summed E-state index contributed by atoms with van der Waals surface area (Å²) in [5.41, 5.74) is 3.79. The molecule has 0 spiro atoms. The third kappa shape index (κ3) is 4.26. The van der Waals surface area contributed by atoms with Gasteiger partial charge in [-0.15, -0.1) is 4.91 Å². The summed E-state index contributed by atoms with van der Waals surface area (Å²) in [7, 11) is 0. The number of hydrogen-bond donors (Lipinski definition) is 0. The molecule has 4 rings (SSSR count). The normalized spacial score (nSPS) is 10.8. The van der Waals surface area contributed by atoms with Gasteiger partial charge >= 0.3 is 0 Å². The van der Waals surface area contributed by atoms with Crippen LogP contribution in [0.15, 0.2) is 60.1 Å². The van der Waals surface area contributed by atoms with Gasteiger partial charge in [-0.25, -0.2) is 4.98 Å². The number of ether oxygens (including phenoxy) is 1. The van der Waals surface area contributed by atoms with Crippen LogP contribution in [0.4, 0.5) is 0 Å². The van der Waals surface area contributed by atoms with Gasteiger partial charge in [-0.05, 0) is 69.7 Å². The highest BCUT2D eigenvalue weighted by atomic mass is 16.7. The van der Waals surface area contributed by atoms with Crippen molar-refractivity contribution in [1.82, 2.24) is 19.7 Å². The van der Waals surface area contributed by atoms with Crippen LogP contribution < -0.4 is 9.57 Å². The topological polar surface area (TPSA) is 106 Å². The molecule has 0 saturated heterocycles. The molecule has 9 heteroatoms. The van der Waals surface area contributed by atoms with Crippen LogP contribution in [0.5, 0.6) is 17.4 Å². The molecule has 4 aromatic rings. The molecule has 0 unspecified atom stereocenters. The molecule has 0 saturated carbocycles. The molecule has 0 fully saturated rings. The van der Waals surface area contributed by atoms with Crippen molar-refractivity contribution in [2.75, 3.05) is 6.54 Å². The largest absolute Gasteiger partial charge is 0.437 e. The van der Waals surface area contributed by atoms with E-state index < -0.39 is 0 Å². The van der Waals surface area contributed by atoms with Crippen molar-refractivity contribution in [3.8, 4) is 34.7 Å². The first-order valence-corrected chi connectivity index (χ1v) is 10.9. The van der Waals surface area contributed by atoms with E-state index in [1.54, 1.807) is 31.5 Å². The van der Waals surface area contributed by atoms with E-state index in [0.717, 1.165) is 27.3 Å². The smallest absolute Gasteiger partial charge is 0.240 e. The third-order valence-electron chi connectivity index (χ3n) is 5.35. The monoisotopic (exact) mass is 456 g/mol. The van der Waals surface area contributed by atoms with Crippen LogP contribution in [0, 0.1) is 23.2 Å². The second-order valence-corrected chi connectivity index (χ2v) is 7.89. The SMILES string of the molecule is CCN(N=O)Oc1ccc(-c2c(C#N)c3ccc(Oc4nccnc4C)cc3n2C(C)C)cc1. The zero-order valence-electron chi connectivity index (χ0n) is 19.4. The van der Waals surface area contributed by atoms with Crippen LogP contribution >= 0.6 is 0 Å². The van der Waals surface area contributed by atoms with Gasteiger partial charge < -0.3 is 14.1 Å². The van der Waals surface area contributed by atoms with Crippen molar-refractivity contribution < 1.29 is 9.57 Å². The van der Waals surface area contributed by atoms with Crippen LogP contribution in [-0.4, -0.2) is 26.3 Å². The maximum Gasteiger partial charge on any atom is 0.240 e. The second kappa shape index (κ2) is 9.58. The molecule has 0 atom stereocenters. The van der Waals surface area contributed by atoms with Crippen molar-refractivity contribution >= 4 is 10.9 Å². The van der Waals surface area contributed by atoms with Gasteiger partial charge in [0, 0.05) is 29.9 Å². The molecule has 0 bridgehead atoms. The molecule has 34 heavy (non-hydrogen) atoms. The highest BCUT2D eigenvalue weighted by Crippen LogP contribution is 2.38. The van der Waals surface area contributed by atoms with Crippen LogP contribution in [0.2, 0.25) is 0 Å². The number of nitroso groups, excluding NO2 is 1. The molecular weight excluding hydrogens is 432 g/mol. The van der Waals surface area contributed by atoms with E-state index >= 15 is 0 Å². The van der Waals surface area contributed by atoms with Crippen LogP contribution in [0.25, 0.3) is 22.2 Å². The molecule has 0 N–H and O–H groups in total. The number of hydrogen-bond acceptors (Lipinski definition) is 7. The summed E-state index contributed by atoms with van der Waals surface area (Å²) in [4.78, 5) is 24.7. The summed E-state index contributed by atoms with van der Waals surface area (Å²) in [6.45, 7) is 8.05. The van der Waals surface area contributed by atoms with Crippen LogP contribution in [-0.2, 0) is 0 Å². The lowest BCUT2D eigenvalue weighted by atomic mass is 10.1. The lowest BCUT2D eigenvalue weighted by Gasteiger charge is -2.17. The minimum atomic E-state index is 0.0684. The predicted molar refractivity (Wildman–Crippen MR) is 128 cm³/mol. The summed E-state index contributed by atoms with van der Waals surface area (Å²) in [6.07, 6.45) is 3.20. The molecule has 2 aromatic heterocycles. The Hall–Kier alpha value is -4.45. The molecule has 0 radical (unpaired) electrons. The molecule has 2 aromatic carbocycles. The minimum absolute atomic E-state index is 0.0684. The Morgan fingerprint density at radius 3 is 2.44 bits per heavy atom. The van der Waals surface area contributed by atoms with Crippen LogP contribution in [0.3, 0.4) is 0 Å². The minimum Gasteiger partial charge on any atom is -0.437 e. The first-order chi connectivity index (χ1) is 16.5. The van der Waals surface area contributed by atoms with Crippen LogP contribution in [0.1, 0.15) is 38.1 Å². The first kappa shape index (κ1) is 22.7. The van der Waals surface area contributed by atoms with Gasteiger partial charge in [0.15, 0.2) is 5.75 Å². The quantitative estimate of drug-likeness (QED) is 0.238. The Bertz CT molecular complexity index is 1370. The number of aromatic nitrogens is 3. The lowest BCUT2D eigenvalue weighted by Crippen LogP contribution is -2.20. The maximum atomic E-state index is 10.8. The number of rotatable bonds is 8. The number of aryl methyl sites for hydroxylation is 1. The average molecular weight is 457 g/mol. The zero-order valence-corrected chi connectivity index (χ0v) is 19.4. The maximum absolute atomic E-state index is 10.8. The molecule has 0 aliphatic rings. The summed E-state index contributed by atoms with van der Waals surface area (Å²) >= 11 is 0. The fraction of sp³-hybridized carbons (Fsp3) is 0.240. The molecule has 0 amide bonds. The van der Waals surface area contributed by atoms with Gasteiger partial charge in [-0.1, -0.05) is 5.17 Å². The van der Waals surface area contributed by atoms with Crippen molar-refractivity contribution in [2.45, 2.75) is 33.7 Å². The first-order valence-electron chi connectivity index (χ1n) is 10.9. The predicted octanol–water partition coefficient (Wildman–Crippen LogP) is 5.95. The zero-order chi connectivity index (χ0) is 24.2. The summed E-state index contributed by atoms with van der Waals surface area (Å²) in [5.74, 6) is 1.52. The van der Waals surface area contributed by atoms with Gasteiger partial charge in [0.1, 0.15) is 11.8 Å². The van der Waals surface area contributed by atoms with Gasteiger partial charge in [-0.3, -0.25) is 4.98 Å². The Morgan fingerprint density at radius 2 is 1.82 bits per heavy atom. The van der Waals surface area contributed by atoms with E-state index in [9.17, 15) is 10.2 Å². The highest BCUT2D eigenvalue weighted by Gasteiger charge is 2.21. The Balaban J connectivity index is 1.80. The summed E-state index contributed by atoms with van der Waals surface area (Å²) in [6, 6.07) is 15.3. The number of nitrogens with zero attached hydrogens (tertiary/aromatic N) is 6. The van der Waals surface area contributed by atoms with Crippen molar-refractivity contribution in [2.24, 2.45) is 5.29 Å². The van der Waals surface area contributed by atoms with Crippen molar-refractivity contribution in [3.05, 3.63) is 71.0 Å². The average Bonchev–Trinajstić information content (AvgIpc) is 3.18. The second-order valence-electron chi connectivity index (χ2n) is 7.89. The van der Waals surface area contributed by atoms with Gasteiger partial charge in [-0.2, -0.15) is 5.26 Å². The lowest BCUT2D eigenvalue weighted by molar-refractivity contribution is -0.0540. The van der Waals surface area contributed by atoms with Gasteiger partial charge in [0.25, 0.3) is 0 Å².